The number of amides is 1. The van der Waals surface area contributed by atoms with Gasteiger partial charge >= 0.3 is 0 Å². The second-order valence-electron chi connectivity index (χ2n) is 6.71. The summed E-state index contributed by atoms with van der Waals surface area (Å²) in [5.74, 6) is 1.16. The predicted molar refractivity (Wildman–Crippen MR) is 118 cm³/mol. The number of hydrogen-bond donors (Lipinski definition) is 1. The Labute approximate surface area is 187 Å². The van der Waals surface area contributed by atoms with Crippen molar-refractivity contribution >= 4 is 34.1 Å². The molecule has 4 rings (SSSR count). The Balaban J connectivity index is 1.29. The summed E-state index contributed by atoms with van der Waals surface area (Å²) in [5, 5.41) is 18.9. The van der Waals surface area contributed by atoms with Crippen molar-refractivity contribution < 1.29 is 14.2 Å². The van der Waals surface area contributed by atoms with E-state index in [4.69, 9.17) is 4.74 Å². The molecule has 0 atom stereocenters. The summed E-state index contributed by atoms with van der Waals surface area (Å²) in [4.78, 5) is 12.5. The lowest BCUT2D eigenvalue weighted by molar-refractivity contribution is 0.102. The second-order valence-corrected chi connectivity index (χ2v) is 8.91. The monoisotopic (exact) mass is 453 g/mol. The average molecular weight is 454 g/mol. The van der Waals surface area contributed by atoms with Crippen LogP contribution in [0.15, 0.2) is 57.5 Å². The van der Waals surface area contributed by atoms with E-state index in [1.807, 2.05) is 6.07 Å². The van der Waals surface area contributed by atoms with E-state index in [1.54, 1.807) is 43.0 Å². The quantitative estimate of drug-likeness (QED) is 0.303. The van der Waals surface area contributed by atoms with Crippen LogP contribution in [0.5, 0.6) is 5.75 Å². The van der Waals surface area contributed by atoms with E-state index in [0.717, 1.165) is 10.1 Å². The van der Waals surface area contributed by atoms with Crippen molar-refractivity contribution in [3.8, 4) is 5.75 Å². The number of ether oxygens (including phenoxy) is 1. The van der Waals surface area contributed by atoms with Gasteiger partial charge < -0.3 is 4.74 Å². The molecular formula is C21H19N5O3S2. The lowest BCUT2D eigenvalue weighted by Gasteiger charge is -2.05. The summed E-state index contributed by atoms with van der Waals surface area (Å²) in [6, 6.07) is 15.2. The largest absolute Gasteiger partial charge is 0.487 e. The molecule has 8 nitrogen and oxygen atoms in total. The highest BCUT2D eigenvalue weighted by Gasteiger charge is 2.12. The van der Waals surface area contributed by atoms with Crippen molar-refractivity contribution in [2.45, 2.75) is 30.5 Å². The van der Waals surface area contributed by atoms with Gasteiger partial charge in [-0.15, -0.1) is 10.2 Å². The molecule has 0 fully saturated rings. The van der Waals surface area contributed by atoms with Gasteiger partial charge in [0.05, 0.1) is 0 Å². The molecule has 10 heteroatoms. The Morgan fingerprint density at radius 2 is 1.97 bits per heavy atom. The molecule has 1 amide bonds. The van der Waals surface area contributed by atoms with Crippen LogP contribution in [0, 0.1) is 13.8 Å². The number of rotatable bonds is 8. The molecule has 0 unspecified atom stereocenters. The highest BCUT2D eigenvalue weighted by Crippen LogP contribution is 2.28. The number of carbonyl (C=O) groups excluding carboxylic acids is 1. The normalized spacial score (nSPS) is 10.8. The number of aryl methyl sites for hydroxylation is 2. The molecule has 0 aliphatic carbocycles. The molecule has 0 aliphatic rings. The topological polar surface area (TPSA) is 103 Å². The summed E-state index contributed by atoms with van der Waals surface area (Å²) in [6.45, 7) is 4.11. The zero-order valence-corrected chi connectivity index (χ0v) is 18.5. The number of benzene rings is 2. The van der Waals surface area contributed by atoms with Gasteiger partial charge in [-0.05, 0) is 43.7 Å². The fourth-order valence-corrected chi connectivity index (χ4v) is 4.36. The number of anilines is 1. The lowest BCUT2D eigenvalue weighted by Crippen LogP contribution is -2.11. The van der Waals surface area contributed by atoms with Gasteiger partial charge in [0.15, 0.2) is 4.34 Å². The van der Waals surface area contributed by atoms with Crippen molar-refractivity contribution in [3.05, 3.63) is 76.6 Å². The fraction of sp³-hybridized carbons (Fsp3) is 0.190. The van der Waals surface area contributed by atoms with E-state index in [2.05, 4.69) is 55.6 Å². The molecule has 1 N–H and O–H groups in total. The van der Waals surface area contributed by atoms with E-state index in [9.17, 15) is 4.79 Å². The molecule has 0 bridgehead atoms. The molecule has 0 aliphatic heterocycles. The first kappa shape index (κ1) is 21.0. The molecule has 0 saturated carbocycles. The van der Waals surface area contributed by atoms with E-state index in [-0.39, 0.29) is 12.5 Å². The molecule has 2 aromatic carbocycles. The van der Waals surface area contributed by atoms with Gasteiger partial charge in [-0.25, -0.2) is 4.63 Å². The Hall–Kier alpha value is -3.24. The maximum atomic E-state index is 12.5. The van der Waals surface area contributed by atoms with Crippen LogP contribution >= 0.6 is 23.1 Å². The number of thioether (sulfide) groups is 1. The second kappa shape index (κ2) is 9.71. The summed E-state index contributed by atoms with van der Waals surface area (Å²) in [5.41, 5.74) is 4.27. The maximum Gasteiger partial charge on any atom is 0.257 e. The third-order valence-electron chi connectivity index (χ3n) is 4.31. The van der Waals surface area contributed by atoms with Crippen molar-refractivity contribution in [2.75, 3.05) is 5.32 Å². The number of nitrogens with zero attached hydrogens (tertiary/aromatic N) is 4. The summed E-state index contributed by atoms with van der Waals surface area (Å²) in [6.07, 6.45) is 0. The van der Waals surface area contributed by atoms with Crippen LogP contribution in [0.2, 0.25) is 0 Å². The van der Waals surface area contributed by atoms with Gasteiger partial charge in [-0.2, -0.15) is 0 Å². The third kappa shape index (κ3) is 5.68. The van der Waals surface area contributed by atoms with Gasteiger partial charge in [0, 0.05) is 11.3 Å². The van der Waals surface area contributed by atoms with Crippen molar-refractivity contribution in [1.82, 2.24) is 20.5 Å². The Bertz CT molecular complexity index is 1170. The van der Waals surface area contributed by atoms with Crippen LogP contribution in [-0.4, -0.2) is 26.4 Å². The average Bonchev–Trinajstić information content (AvgIpc) is 3.39. The van der Waals surface area contributed by atoms with Crippen LogP contribution in [-0.2, 0) is 12.4 Å². The van der Waals surface area contributed by atoms with E-state index >= 15 is 0 Å². The summed E-state index contributed by atoms with van der Waals surface area (Å²) in [7, 11) is 0. The molecule has 158 valence electrons. The number of carbonyl (C=O) groups is 1. The highest BCUT2D eigenvalue weighted by molar-refractivity contribution is 8.00. The SMILES string of the molecule is Cc1cccc(CSc2nnc(NC(=O)c3ccc(OCc4nonc4C)cc3)s2)c1. The highest BCUT2D eigenvalue weighted by atomic mass is 32.2. The molecule has 2 heterocycles. The standard InChI is InChI=1S/C21H19N5O3S2/c1-13-4-3-5-15(10-13)12-30-21-24-23-20(31-21)22-19(27)16-6-8-17(9-7-16)28-11-18-14(2)25-29-26-18/h3-10H,11-12H2,1-2H3,(H,22,23,27). The Morgan fingerprint density at radius 3 is 2.71 bits per heavy atom. The molecule has 31 heavy (non-hydrogen) atoms. The molecular weight excluding hydrogens is 434 g/mol. The van der Waals surface area contributed by atoms with Crippen LogP contribution in [0.1, 0.15) is 32.9 Å². The van der Waals surface area contributed by atoms with Crippen LogP contribution in [0.4, 0.5) is 5.13 Å². The Kier molecular flexibility index (Phi) is 6.58. The summed E-state index contributed by atoms with van der Waals surface area (Å²) < 4.78 is 11.1. The first-order valence-electron chi connectivity index (χ1n) is 9.41. The van der Waals surface area contributed by atoms with E-state index in [1.165, 1.54) is 22.5 Å². The maximum absolute atomic E-state index is 12.5. The van der Waals surface area contributed by atoms with Crippen LogP contribution in [0.25, 0.3) is 0 Å². The lowest BCUT2D eigenvalue weighted by atomic mass is 10.2. The van der Waals surface area contributed by atoms with Gasteiger partial charge in [-0.3, -0.25) is 10.1 Å². The van der Waals surface area contributed by atoms with Crippen molar-refractivity contribution in [1.29, 1.82) is 0 Å². The van der Waals surface area contributed by atoms with E-state index < -0.39 is 0 Å². The van der Waals surface area contributed by atoms with Gasteiger partial charge in [-0.1, -0.05) is 63.2 Å². The minimum absolute atomic E-state index is 0.245. The Morgan fingerprint density at radius 1 is 1.13 bits per heavy atom. The first-order chi connectivity index (χ1) is 15.1. The molecule has 4 aromatic rings. The van der Waals surface area contributed by atoms with Crippen molar-refractivity contribution in [3.63, 3.8) is 0 Å². The van der Waals surface area contributed by atoms with E-state index in [0.29, 0.717) is 27.8 Å². The molecule has 2 aromatic heterocycles. The minimum Gasteiger partial charge on any atom is -0.487 e. The van der Waals surface area contributed by atoms with Gasteiger partial charge in [0.1, 0.15) is 23.7 Å². The van der Waals surface area contributed by atoms with Gasteiger partial charge in [0.25, 0.3) is 5.91 Å². The fourth-order valence-electron chi connectivity index (χ4n) is 2.67. The smallest absolute Gasteiger partial charge is 0.257 e. The predicted octanol–water partition coefficient (Wildman–Crippen LogP) is 4.66. The zero-order chi connectivity index (χ0) is 21.6. The first-order valence-corrected chi connectivity index (χ1v) is 11.2. The summed E-state index contributed by atoms with van der Waals surface area (Å²) >= 11 is 2.95. The van der Waals surface area contributed by atoms with Crippen molar-refractivity contribution in [2.24, 2.45) is 0 Å². The molecule has 0 spiro atoms. The van der Waals surface area contributed by atoms with Crippen LogP contribution in [0.3, 0.4) is 0 Å². The molecule has 0 saturated heterocycles. The number of nitrogens with one attached hydrogen (secondary N) is 1. The van der Waals surface area contributed by atoms with Gasteiger partial charge in [0.2, 0.25) is 5.13 Å². The minimum atomic E-state index is -0.255. The van der Waals surface area contributed by atoms with Crippen LogP contribution < -0.4 is 10.1 Å². The number of hydrogen-bond acceptors (Lipinski definition) is 9. The zero-order valence-electron chi connectivity index (χ0n) is 16.9. The third-order valence-corrected chi connectivity index (χ3v) is 6.35. The molecule has 0 radical (unpaired) electrons. The number of aromatic nitrogens is 4.